The topological polar surface area (TPSA) is 90.5 Å². The van der Waals surface area contributed by atoms with E-state index >= 15 is 0 Å². The Morgan fingerprint density at radius 3 is 2.41 bits per heavy atom. The minimum absolute atomic E-state index is 0.255. The summed E-state index contributed by atoms with van der Waals surface area (Å²) in [7, 11) is -1.13. The van der Waals surface area contributed by atoms with Crippen LogP contribution in [0, 0.1) is 0 Å². The van der Waals surface area contributed by atoms with Crippen LogP contribution < -0.4 is 14.9 Å². The second-order valence-corrected chi connectivity index (χ2v) is 11.8. The molecule has 2 heterocycles. The molecule has 2 fully saturated rings. The van der Waals surface area contributed by atoms with Crippen molar-refractivity contribution in [3.63, 3.8) is 0 Å². The van der Waals surface area contributed by atoms with Gasteiger partial charge in [-0.3, -0.25) is 4.72 Å². The lowest BCUT2D eigenvalue weighted by Gasteiger charge is -2.34. The summed E-state index contributed by atoms with van der Waals surface area (Å²) >= 11 is 0. The van der Waals surface area contributed by atoms with E-state index in [4.69, 9.17) is 4.98 Å². The number of likely N-dealkylation sites (N-methyl/N-ethyl adjacent to an activating group) is 1. The van der Waals surface area contributed by atoms with Crippen molar-refractivity contribution in [2.45, 2.75) is 18.1 Å². The molecule has 2 aliphatic rings. The molecule has 1 saturated carbocycles. The highest BCUT2D eigenvalue weighted by atomic mass is 32.2. The summed E-state index contributed by atoms with van der Waals surface area (Å²) in [5.74, 6) is 0.532. The van der Waals surface area contributed by atoms with Crippen LogP contribution in [-0.2, 0) is 10.0 Å². The first-order valence-corrected chi connectivity index (χ1v) is 14.2. The second kappa shape index (κ2) is 9.64. The van der Waals surface area contributed by atoms with Crippen LogP contribution >= 0.6 is 0 Å². The molecule has 0 bridgehead atoms. The van der Waals surface area contributed by atoms with Crippen molar-refractivity contribution in [2.24, 2.45) is 0 Å². The first-order chi connectivity index (χ1) is 17.9. The van der Waals surface area contributed by atoms with Crippen LogP contribution in [0.2, 0.25) is 0 Å². The number of nitrogens with zero attached hydrogens (tertiary/aromatic N) is 4. The molecule has 0 unspecified atom stereocenters. The fourth-order valence-corrected chi connectivity index (χ4v) is 6.05. The van der Waals surface area contributed by atoms with E-state index < -0.39 is 10.0 Å². The molecule has 3 aromatic carbocycles. The van der Waals surface area contributed by atoms with Crippen LogP contribution in [-0.4, -0.2) is 61.8 Å². The van der Waals surface area contributed by atoms with Crippen molar-refractivity contribution >= 4 is 43.9 Å². The van der Waals surface area contributed by atoms with Gasteiger partial charge in [-0.1, -0.05) is 36.4 Å². The zero-order valence-corrected chi connectivity index (χ0v) is 21.6. The third-order valence-corrected chi connectivity index (χ3v) is 8.87. The number of nitrogens with one attached hydrogen (secondary N) is 2. The summed E-state index contributed by atoms with van der Waals surface area (Å²) in [5, 5.41) is 4.06. The highest BCUT2D eigenvalue weighted by molar-refractivity contribution is 7.93. The van der Waals surface area contributed by atoms with Crippen molar-refractivity contribution in [3.8, 4) is 11.1 Å². The Kier molecular flexibility index (Phi) is 6.18. The highest BCUT2D eigenvalue weighted by Gasteiger charge is 2.35. The zero-order valence-electron chi connectivity index (χ0n) is 20.8. The first kappa shape index (κ1) is 23.7. The van der Waals surface area contributed by atoms with Crippen LogP contribution in [0.5, 0.6) is 0 Å². The summed E-state index contributed by atoms with van der Waals surface area (Å²) in [4.78, 5) is 14.2. The maximum Gasteiger partial charge on any atom is 0.235 e. The van der Waals surface area contributed by atoms with Gasteiger partial charge in [-0.2, -0.15) is 0 Å². The summed E-state index contributed by atoms with van der Waals surface area (Å²) in [5.41, 5.74) is 5.47. The number of aromatic nitrogens is 2. The van der Waals surface area contributed by atoms with Gasteiger partial charge in [0, 0.05) is 60.4 Å². The number of piperazine rings is 1. The van der Waals surface area contributed by atoms with Crippen LogP contribution in [0.3, 0.4) is 0 Å². The molecular formula is C28H30N6O2S. The maximum atomic E-state index is 12.3. The molecular weight excluding hydrogens is 484 g/mol. The SMILES string of the molecule is CN1CCN(c2cccc(Nc3ncc4cccc(-c5ccc(NS(=O)(=O)C6CC6)cc5)c4n3)c2)CC1. The van der Waals surface area contributed by atoms with Crippen molar-refractivity contribution in [1.82, 2.24) is 14.9 Å². The lowest BCUT2D eigenvalue weighted by Crippen LogP contribution is -2.44. The van der Waals surface area contributed by atoms with Gasteiger partial charge in [0.1, 0.15) is 0 Å². The van der Waals surface area contributed by atoms with Crippen LogP contribution in [0.1, 0.15) is 12.8 Å². The third-order valence-electron chi connectivity index (χ3n) is 7.00. The lowest BCUT2D eigenvalue weighted by molar-refractivity contribution is 0.313. The molecule has 1 saturated heterocycles. The van der Waals surface area contributed by atoms with Gasteiger partial charge in [-0.05, 0) is 55.8 Å². The monoisotopic (exact) mass is 514 g/mol. The number of hydrogen-bond donors (Lipinski definition) is 2. The predicted octanol–water partition coefficient (Wildman–Crippen LogP) is 4.70. The van der Waals surface area contributed by atoms with E-state index in [1.807, 2.05) is 42.6 Å². The normalized spacial score (nSPS) is 16.6. The quantitative estimate of drug-likeness (QED) is 0.370. The number of hydrogen-bond acceptors (Lipinski definition) is 7. The molecule has 0 radical (unpaired) electrons. The molecule has 37 heavy (non-hydrogen) atoms. The molecule has 0 spiro atoms. The van der Waals surface area contributed by atoms with Gasteiger partial charge in [0.15, 0.2) is 0 Å². The molecule has 6 rings (SSSR count). The standard InChI is InChI=1S/C28H30N6O2S/c1-33-14-16-34(17-15-33)24-6-3-5-23(18-24)30-28-29-19-21-4-2-7-26(27(21)31-28)20-8-10-22(11-9-20)32-37(35,36)25-12-13-25/h2-11,18-19,25,32H,12-17H2,1H3,(H,29,30,31). The molecule has 2 N–H and O–H groups in total. The molecule has 1 aliphatic carbocycles. The summed E-state index contributed by atoms with van der Waals surface area (Å²) in [6.07, 6.45) is 3.30. The Morgan fingerprint density at radius 1 is 0.892 bits per heavy atom. The van der Waals surface area contributed by atoms with E-state index in [2.05, 4.69) is 50.1 Å². The fourth-order valence-electron chi connectivity index (χ4n) is 4.67. The van der Waals surface area contributed by atoms with Gasteiger partial charge in [-0.15, -0.1) is 0 Å². The minimum Gasteiger partial charge on any atom is -0.369 e. The molecule has 1 aromatic heterocycles. The summed E-state index contributed by atoms with van der Waals surface area (Å²) < 4.78 is 27.2. The lowest BCUT2D eigenvalue weighted by atomic mass is 10.0. The van der Waals surface area contributed by atoms with E-state index in [-0.39, 0.29) is 5.25 Å². The van der Waals surface area contributed by atoms with Crippen molar-refractivity contribution in [2.75, 3.05) is 48.2 Å². The Hall–Kier alpha value is -3.69. The van der Waals surface area contributed by atoms with Crippen LogP contribution in [0.4, 0.5) is 23.0 Å². The third kappa shape index (κ3) is 5.23. The minimum atomic E-state index is -3.28. The van der Waals surface area contributed by atoms with Gasteiger partial charge in [-0.25, -0.2) is 18.4 Å². The second-order valence-electron chi connectivity index (χ2n) is 9.83. The van der Waals surface area contributed by atoms with E-state index in [1.165, 1.54) is 5.69 Å². The number of anilines is 4. The van der Waals surface area contributed by atoms with E-state index in [0.717, 1.165) is 66.7 Å². The average Bonchev–Trinajstić information content (AvgIpc) is 3.76. The van der Waals surface area contributed by atoms with Gasteiger partial charge in [0.05, 0.1) is 10.8 Å². The molecule has 0 amide bonds. The Morgan fingerprint density at radius 2 is 1.65 bits per heavy atom. The molecule has 9 heteroatoms. The van der Waals surface area contributed by atoms with E-state index in [9.17, 15) is 8.42 Å². The highest BCUT2D eigenvalue weighted by Crippen LogP contribution is 2.32. The summed E-state index contributed by atoms with van der Waals surface area (Å²) in [6, 6.07) is 21.8. The smallest absolute Gasteiger partial charge is 0.235 e. The van der Waals surface area contributed by atoms with Gasteiger partial charge in [0.25, 0.3) is 0 Å². The van der Waals surface area contributed by atoms with Crippen molar-refractivity contribution in [3.05, 3.63) is 72.9 Å². The van der Waals surface area contributed by atoms with Crippen LogP contribution in [0.15, 0.2) is 72.9 Å². The maximum absolute atomic E-state index is 12.3. The average molecular weight is 515 g/mol. The van der Waals surface area contributed by atoms with Gasteiger partial charge in [0.2, 0.25) is 16.0 Å². The largest absolute Gasteiger partial charge is 0.369 e. The van der Waals surface area contributed by atoms with Crippen LogP contribution in [0.25, 0.3) is 22.0 Å². The zero-order chi connectivity index (χ0) is 25.4. The molecule has 8 nitrogen and oxygen atoms in total. The molecule has 4 aromatic rings. The molecule has 1 aliphatic heterocycles. The predicted molar refractivity (Wildman–Crippen MR) is 150 cm³/mol. The Balaban J connectivity index is 1.24. The number of benzene rings is 3. The first-order valence-electron chi connectivity index (χ1n) is 12.6. The number of fused-ring (bicyclic) bond motifs is 1. The number of sulfonamides is 1. The Labute approximate surface area is 217 Å². The van der Waals surface area contributed by atoms with Gasteiger partial charge < -0.3 is 15.1 Å². The van der Waals surface area contributed by atoms with Crippen molar-refractivity contribution in [1.29, 1.82) is 0 Å². The molecule has 190 valence electrons. The summed E-state index contributed by atoms with van der Waals surface area (Å²) in [6.45, 7) is 4.14. The van der Waals surface area contributed by atoms with E-state index in [1.54, 1.807) is 12.1 Å². The fraction of sp³-hybridized carbons (Fsp3) is 0.286. The molecule has 0 atom stereocenters. The van der Waals surface area contributed by atoms with Crippen molar-refractivity contribution < 1.29 is 8.42 Å². The number of rotatable bonds is 7. The van der Waals surface area contributed by atoms with E-state index in [0.29, 0.717) is 11.6 Å². The van der Waals surface area contributed by atoms with Gasteiger partial charge >= 0.3 is 0 Å². The number of para-hydroxylation sites is 1. The Bertz CT molecular complexity index is 1530.